The van der Waals surface area contributed by atoms with Gasteiger partial charge in [-0.1, -0.05) is 29.8 Å². The van der Waals surface area contributed by atoms with Crippen molar-refractivity contribution in [1.29, 1.82) is 0 Å². The highest BCUT2D eigenvalue weighted by molar-refractivity contribution is 5.70. The maximum absolute atomic E-state index is 9.63. The number of hydrogen-bond acceptors (Lipinski definition) is 3. The molecular formula is C20H23NO2. The zero-order valence-corrected chi connectivity index (χ0v) is 13.6. The number of aliphatic hydroxyl groups excluding tert-OH is 1. The summed E-state index contributed by atoms with van der Waals surface area (Å²) in [4.78, 5) is 0. The molecule has 0 atom stereocenters. The predicted octanol–water partition coefficient (Wildman–Crippen LogP) is 3.56. The maximum atomic E-state index is 9.63. The molecule has 4 rings (SSSR count). The summed E-state index contributed by atoms with van der Waals surface area (Å²) in [7, 11) is 0. The largest absolute Gasteiger partial charge is 0.486 e. The molecule has 2 aromatic carbocycles. The molecule has 1 aliphatic heterocycles. The Morgan fingerprint density at radius 2 is 2.04 bits per heavy atom. The third-order valence-corrected chi connectivity index (χ3v) is 5.16. The van der Waals surface area contributed by atoms with Crippen LogP contribution in [-0.4, -0.2) is 17.3 Å². The van der Waals surface area contributed by atoms with E-state index in [0.29, 0.717) is 0 Å². The molecule has 3 heteroatoms. The van der Waals surface area contributed by atoms with E-state index in [2.05, 4.69) is 36.5 Å². The first-order valence-corrected chi connectivity index (χ1v) is 8.43. The molecule has 3 nitrogen and oxygen atoms in total. The lowest BCUT2D eigenvalue weighted by atomic mass is 9.80. The second-order valence-corrected chi connectivity index (χ2v) is 6.88. The molecule has 2 aromatic rings. The standard InChI is InChI=1S/C20H23NO2/c1-14-3-4-16(12-22)18(9-14)15-5-6-19-17(10-15)11-21-13-20(23-19)7-2-8-20/h3-6,9-10,21-22H,2,7-8,11-13H2,1H3. The van der Waals surface area contributed by atoms with Gasteiger partial charge in [0.1, 0.15) is 11.4 Å². The van der Waals surface area contributed by atoms with E-state index in [1.807, 2.05) is 12.1 Å². The highest BCUT2D eigenvalue weighted by Gasteiger charge is 2.40. The lowest BCUT2D eigenvalue weighted by Crippen LogP contribution is -2.49. The number of aryl methyl sites for hydroxylation is 1. The van der Waals surface area contributed by atoms with Crippen LogP contribution in [0, 0.1) is 6.92 Å². The number of fused-ring (bicyclic) bond motifs is 1. The quantitative estimate of drug-likeness (QED) is 0.891. The van der Waals surface area contributed by atoms with Crippen LogP contribution in [0.4, 0.5) is 0 Å². The number of aliphatic hydroxyl groups is 1. The fourth-order valence-corrected chi connectivity index (χ4v) is 3.63. The minimum Gasteiger partial charge on any atom is -0.486 e. The Morgan fingerprint density at radius 3 is 2.78 bits per heavy atom. The average Bonchev–Trinajstić information content (AvgIpc) is 2.73. The third-order valence-electron chi connectivity index (χ3n) is 5.16. The molecule has 0 aromatic heterocycles. The molecule has 0 unspecified atom stereocenters. The van der Waals surface area contributed by atoms with Gasteiger partial charge < -0.3 is 15.2 Å². The average molecular weight is 309 g/mol. The molecule has 1 spiro atoms. The van der Waals surface area contributed by atoms with Gasteiger partial charge in [0.15, 0.2) is 0 Å². The van der Waals surface area contributed by atoms with E-state index in [0.717, 1.165) is 48.4 Å². The van der Waals surface area contributed by atoms with Crippen LogP contribution in [0.25, 0.3) is 11.1 Å². The monoisotopic (exact) mass is 309 g/mol. The van der Waals surface area contributed by atoms with E-state index in [-0.39, 0.29) is 12.2 Å². The Labute approximate surface area is 137 Å². The van der Waals surface area contributed by atoms with Gasteiger partial charge in [-0.25, -0.2) is 0 Å². The number of benzene rings is 2. The summed E-state index contributed by atoms with van der Waals surface area (Å²) in [5, 5.41) is 13.2. The van der Waals surface area contributed by atoms with Crippen molar-refractivity contribution in [3.8, 4) is 16.9 Å². The van der Waals surface area contributed by atoms with Gasteiger partial charge in [-0.2, -0.15) is 0 Å². The Kier molecular flexibility index (Phi) is 3.63. The first-order chi connectivity index (χ1) is 11.2. The van der Waals surface area contributed by atoms with Crippen molar-refractivity contribution in [3.63, 3.8) is 0 Å². The van der Waals surface area contributed by atoms with Crippen LogP contribution in [0.1, 0.15) is 36.0 Å². The molecule has 2 aliphatic rings. The van der Waals surface area contributed by atoms with Crippen LogP contribution in [-0.2, 0) is 13.2 Å². The molecule has 2 N–H and O–H groups in total. The summed E-state index contributed by atoms with van der Waals surface area (Å²) in [6, 6.07) is 12.6. The van der Waals surface area contributed by atoms with Crippen molar-refractivity contribution in [2.45, 2.75) is 44.9 Å². The lowest BCUT2D eigenvalue weighted by Gasteiger charge is -2.41. The van der Waals surface area contributed by atoms with E-state index in [4.69, 9.17) is 4.74 Å². The summed E-state index contributed by atoms with van der Waals surface area (Å²) < 4.78 is 6.34. The molecule has 0 saturated heterocycles. The molecule has 23 heavy (non-hydrogen) atoms. The van der Waals surface area contributed by atoms with Gasteiger partial charge in [0.2, 0.25) is 0 Å². The van der Waals surface area contributed by atoms with Gasteiger partial charge >= 0.3 is 0 Å². The predicted molar refractivity (Wildman–Crippen MR) is 91.5 cm³/mol. The summed E-state index contributed by atoms with van der Waals surface area (Å²) in [6.45, 7) is 3.91. The van der Waals surface area contributed by atoms with Crippen molar-refractivity contribution in [1.82, 2.24) is 5.32 Å². The Bertz CT molecular complexity index is 734. The smallest absolute Gasteiger partial charge is 0.124 e. The van der Waals surface area contributed by atoms with Crippen LogP contribution in [0.2, 0.25) is 0 Å². The third kappa shape index (κ3) is 2.64. The van der Waals surface area contributed by atoms with Crippen LogP contribution in [0.5, 0.6) is 5.75 Å². The Morgan fingerprint density at radius 1 is 1.17 bits per heavy atom. The van der Waals surface area contributed by atoms with Gasteiger partial charge in [-0.05, 0) is 55.0 Å². The number of hydrogen-bond donors (Lipinski definition) is 2. The van der Waals surface area contributed by atoms with Crippen molar-refractivity contribution < 1.29 is 9.84 Å². The minimum atomic E-state index is 0.0202. The zero-order chi connectivity index (χ0) is 15.9. The normalized spacial score (nSPS) is 18.7. The highest BCUT2D eigenvalue weighted by atomic mass is 16.5. The van der Waals surface area contributed by atoms with E-state index in [9.17, 15) is 5.11 Å². The molecule has 0 amide bonds. The van der Waals surface area contributed by atoms with Crippen LogP contribution < -0.4 is 10.1 Å². The SMILES string of the molecule is Cc1ccc(CO)c(-c2ccc3c(c2)CNCC2(CCC2)O3)c1. The van der Waals surface area contributed by atoms with E-state index < -0.39 is 0 Å². The molecule has 0 radical (unpaired) electrons. The Hall–Kier alpha value is -1.84. The summed E-state index contributed by atoms with van der Waals surface area (Å²) >= 11 is 0. The minimum absolute atomic E-state index is 0.0202. The van der Waals surface area contributed by atoms with Gasteiger partial charge in [0.25, 0.3) is 0 Å². The second-order valence-electron chi connectivity index (χ2n) is 6.88. The second kappa shape index (κ2) is 5.66. The van der Waals surface area contributed by atoms with Crippen LogP contribution in [0.15, 0.2) is 36.4 Å². The molecule has 1 heterocycles. The number of ether oxygens (including phenoxy) is 1. The van der Waals surface area contributed by atoms with E-state index in [1.165, 1.54) is 17.5 Å². The molecule has 120 valence electrons. The number of rotatable bonds is 2. The van der Waals surface area contributed by atoms with Crippen LogP contribution >= 0.6 is 0 Å². The fourth-order valence-electron chi connectivity index (χ4n) is 3.63. The van der Waals surface area contributed by atoms with Gasteiger partial charge in [0, 0.05) is 18.7 Å². The summed E-state index contributed by atoms with van der Waals surface area (Å²) in [5.41, 5.74) is 5.65. The first kappa shape index (κ1) is 14.7. The first-order valence-electron chi connectivity index (χ1n) is 8.43. The van der Waals surface area contributed by atoms with Crippen LogP contribution in [0.3, 0.4) is 0 Å². The fraction of sp³-hybridized carbons (Fsp3) is 0.400. The zero-order valence-electron chi connectivity index (χ0n) is 13.6. The van der Waals surface area contributed by atoms with Gasteiger partial charge in [0.05, 0.1) is 6.61 Å². The van der Waals surface area contributed by atoms with Crippen molar-refractivity contribution >= 4 is 0 Å². The molecular weight excluding hydrogens is 286 g/mol. The van der Waals surface area contributed by atoms with Crippen molar-refractivity contribution in [2.24, 2.45) is 0 Å². The van der Waals surface area contributed by atoms with Crippen molar-refractivity contribution in [3.05, 3.63) is 53.1 Å². The van der Waals surface area contributed by atoms with Gasteiger partial charge in [-0.15, -0.1) is 0 Å². The van der Waals surface area contributed by atoms with E-state index in [1.54, 1.807) is 0 Å². The molecule has 1 aliphatic carbocycles. The summed E-state index contributed by atoms with van der Waals surface area (Å²) in [6.07, 6.45) is 3.56. The maximum Gasteiger partial charge on any atom is 0.124 e. The van der Waals surface area contributed by atoms with E-state index >= 15 is 0 Å². The number of nitrogens with one attached hydrogen (secondary N) is 1. The summed E-state index contributed by atoms with van der Waals surface area (Å²) in [5.74, 6) is 1.01. The molecule has 1 saturated carbocycles. The van der Waals surface area contributed by atoms with Gasteiger partial charge in [-0.3, -0.25) is 0 Å². The highest BCUT2D eigenvalue weighted by Crippen LogP contribution is 2.40. The lowest BCUT2D eigenvalue weighted by molar-refractivity contribution is -0.00147. The Balaban J connectivity index is 1.73. The molecule has 0 bridgehead atoms. The van der Waals surface area contributed by atoms with Crippen molar-refractivity contribution in [2.75, 3.05) is 6.54 Å². The topological polar surface area (TPSA) is 41.5 Å². The molecule has 1 fully saturated rings.